The van der Waals surface area contributed by atoms with E-state index in [0.29, 0.717) is 6.61 Å². The van der Waals surface area contributed by atoms with Crippen molar-refractivity contribution >= 4 is 0 Å². The largest absolute Gasteiger partial charge is 0.486 e. The zero-order valence-corrected chi connectivity index (χ0v) is 7.01. The van der Waals surface area contributed by atoms with Gasteiger partial charge < -0.3 is 9.26 Å². The molecular weight excluding hydrogens is 166 g/mol. The van der Waals surface area contributed by atoms with Crippen LogP contribution in [0.4, 0.5) is 0 Å². The fourth-order valence-electron chi connectivity index (χ4n) is 0.988. The third-order valence-corrected chi connectivity index (χ3v) is 1.62. The Morgan fingerprint density at radius 3 is 2.69 bits per heavy atom. The SMILES string of the molecule is c1ccc(OCc2ccno2)cc1. The first-order valence-electron chi connectivity index (χ1n) is 4.02. The van der Waals surface area contributed by atoms with Crippen LogP contribution < -0.4 is 4.74 Å². The molecule has 13 heavy (non-hydrogen) atoms. The van der Waals surface area contributed by atoms with Gasteiger partial charge in [-0.15, -0.1) is 0 Å². The summed E-state index contributed by atoms with van der Waals surface area (Å²) in [6.07, 6.45) is 1.60. The van der Waals surface area contributed by atoms with E-state index in [-0.39, 0.29) is 0 Å². The maximum atomic E-state index is 5.42. The Morgan fingerprint density at radius 1 is 1.15 bits per heavy atom. The van der Waals surface area contributed by atoms with Crippen molar-refractivity contribution in [2.75, 3.05) is 0 Å². The molecule has 0 atom stereocenters. The van der Waals surface area contributed by atoms with Gasteiger partial charge in [0, 0.05) is 6.07 Å². The van der Waals surface area contributed by atoms with Crippen LogP contribution in [-0.4, -0.2) is 5.16 Å². The maximum Gasteiger partial charge on any atom is 0.174 e. The lowest BCUT2D eigenvalue weighted by Crippen LogP contribution is -1.92. The van der Waals surface area contributed by atoms with Crippen molar-refractivity contribution in [3.63, 3.8) is 0 Å². The van der Waals surface area contributed by atoms with Gasteiger partial charge in [0.15, 0.2) is 5.76 Å². The molecule has 0 aliphatic heterocycles. The lowest BCUT2D eigenvalue weighted by molar-refractivity contribution is 0.249. The van der Waals surface area contributed by atoms with Gasteiger partial charge in [-0.25, -0.2) is 0 Å². The summed E-state index contributed by atoms with van der Waals surface area (Å²) in [5, 5.41) is 3.58. The average Bonchev–Trinajstić information content (AvgIpc) is 2.69. The highest BCUT2D eigenvalue weighted by Gasteiger charge is 1.97. The highest BCUT2D eigenvalue weighted by Crippen LogP contribution is 2.10. The van der Waals surface area contributed by atoms with Gasteiger partial charge in [-0.3, -0.25) is 0 Å². The number of para-hydroxylation sites is 1. The molecule has 1 heterocycles. The van der Waals surface area contributed by atoms with E-state index in [1.807, 2.05) is 30.3 Å². The second-order valence-corrected chi connectivity index (χ2v) is 2.58. The smallest absolute Gasteiger partial charge is 0.174 e. The summed E-state index contributed by atoms with van der Waals surface area (Å²) in [4.78, 5) is 0. The molecule has 0 bridgehead atoms. The van der Waals surface area contributed by atoms with Crippen LogP contribution in [0.5, 0.6) is 5.75 Å². The molecule has 0 unspecified atom stereocenters. The molecule has 0 spiro atoms. The molecule has 0 saturated heterocycles. The van der Waals surface area contributed by atoms with Crippen molar-refractivity contribution in [2.45, 2.75) is 6.61 Å². The molecule has 3 nitrogen and oxygen atoms in total. The van der Waals surface area contributed by atoms with E-state index < -0.39 is 0 Å². The first-order chi connectivity index (χ1) is 6.45. The molecule has 0 N–H and O–H groups in total. The first kappa shape index (κ1) is 7.86. The van der Waals surface area contributed by atoms with Gasteiger partial charge in [0.2, 0.25) is 0 Å². The van der Waals surface area contributed by atoms with Crippen LogP contribution in [0.15, 0.2) is 47.1 Å². The zero-order valence-electron chi connectivity index (χ0n) is 7.01. The maximum absolute atomic E-state index is 5.42. The summed E-state index contributed by atoms with van der Waals surface area (Å²) < 4.78 is 10.3. The van der Waals surface area contributed by atoms with Crippen molar-refractivity contribution in [1.29, 1.82) is 0 Å². The highest BCUT2D eigenvalue weighted by atomic mass is 16.5. The fourth-order valence-corrected chi connectivity index (χ4v) is 0.988. The number of hydrogen-bond donors (Lipinski definition) is 0. The summed E-state index contributed by atoms with van der Waals surface area (Å²) in [7, 11) is 0. The van der Waals surface area contributed by atoms with Gasteiger partial charge in [-0.05, 0) is 12.1 Å². The molecular formula is C10H9NO2. The molecule has 0 amide bonds. The average molecular weight is 175 g/mol. The van der Waals surface area contributed by atoms with E-state index in [2.05, 4.69) is 5.16 Å². The van der Waals surface area contributed by atoms with Gasteiger partial charge in [-0.2, -0.15) is 0 Å². The molecule has 2 rings (SSSR count). The van der Waals surface area contributed by atoms with Crippen molar-refractivity contribution in [1.82, 2.24) is 5.16 Å². The molecule has 1 aromatic heterocycles. The van der Waals surface area contributed by atoms with Gasteiger partial charge in [-0.1, -0.05) is 23.4 Å². The van der Waals surface area contributed by atoms with Crippen LogP contribution in [0.1, 0.15) is 5.76 Å². The number of aromatic nitrogens is 1. The molecule has 0 aliphatic carbocycles. The van der Waals surface area contributed by atoms with Crippen molar-refractivity contribution in [3.8, 4) is 5.75 Å². The Balaban J connectivity index is 1.94. The predicted octanol–water partition coefficient (Wildman–Crippen LogP) is 2.25. The quantitative estimate of drug-likeness (QED) is 0.717. The number of ether oxygens (including phenoxy) is 1. The zero-order chi connectivity index (χ0) is 8.93. The molecule has 3 heteroatoms. The fraction of sp³-hybridized carbons (Fsp3) is 0.100. The van der Waals surface area contributed by atoms with Crippen molar-refractivity contribution in [2.24, 2.45) is 0 Å². The molecule has 2 aromatic rings. The van der Waals surface area contributed by atoms with Gasteiger partial charge >= 0.3 is 0 Å². The highest BCUT2D eigenvalue weighted by molar-refractivity contribution is 5.21. The van der Waals surface area contributed by atoms with Crippen LogP contribution in [0.3, 0.4) is 0 Å². The third kappa shape index (κ3) is 2.08. The lowest BCUT2D eigenvalue weighted by Gasteiger charge is -2.01. The summed E-state index contributed by atoms with van der Waals surface area (Å²) in [6.45, 7) is 0.421. The monoisotopic (exact) mass is 175 g/mol. The van der Waals surface area contributed by atoms with E-state index in [0.717, 1.165) is 11.5 Å². The predicted molar refractivity (Wildman–Crippen MR) is 47.3 cm³/mol. The Kier molecular flexibility index (Phi) is 2.27. The van der Waals surface area contributed by atoms with E-state index >= 15 is 0 Å². The minimum atomic E-state index is 0.421. The summed E-state index contributed by atoms with van der Waals surface area (Å²) in [6, 6.07) is 11.4. The summed E-state index contributed by atoms with van der Waals surface area (Å²) in [5.74, 6) is 1.56. The summed E-state index contributed by atoms with van der Waals surface area (Å²) >= 11 is 0. The number of hydrogen-bond acceptors (Lipinski definition) is 3. The molecule has 66 valence electrons. The van der Waals surface area contributed by atoms with Crippen molar-refractivity contribution < 1.29 is 9.26 Å². The van der Waals surface area contributed by atoms with Gasteiger partial charge in [0.1, 0.15) is 12.4 Å². The van der Waals surface area contributed by atoms with Gasteiger partial charge in [0.05, 0.1) is 6.20 Å². The third-order valence-electron chi connectivity index (χ3n) is 1.62. The number of benzene rings is 1. The Bertz CT molecular complexity index is 342. The van der Waals surface area contributed by atoms with Gasteiger partial charge in [0.25, 0.3) is 0 Å². The minimum Gasteiger partial charge on any atom is -0.486 e. The normalized spacial score (nSPS) is 9.85. The first-order valence-corrected chi connectivity index (χ1v) is 4.02. The molecule has 0 aliphatic rings. The lowest BCUT2D eigenvalue weighted by atomic mass is 10.3. The van der Waals surface area contributed by atoms with E-state index in [1.165, 1.54) is 0 Å². The molecule has 0 fully saturated rings. The summed E-state index contributed by atoms with van der Waals surface area (Å²) in [5.41, 5.74) is 0. The van der Waals surface area contributed by atoms with Crippen LogP contribution in [0.2, 0.25) is 0 Å². The van der Waals surface area contributed by atoms with Crippen LogP contribution in [-0.2, 0) is 6.61 Å². The van der Waals surface area contributed by atoms with Crippen LogP contribution in [0.25, 0.3) is 0 Å². The molecule has 0 radical (unpaired) electrons. The second-order valence-electron chi connectivity index (χ2n) is 2.58. The Hall–Kier alpha value is -1.77. The van der Waals surface area contributed by atoms with E-state index in [1.54, 1.807) is 12.3 Å². The second kappa shape index (κ2) is 3.76. The van der Waals surface area contributed by atoms with Crippen LogP contribution >= 0.6 is 0 Å². The Morgan fingerprint density at radius 2 is 2.00 bits per heavy atom. The molecule has 0 saturated carbocycles. The standard InChI is InChI=1S/C10H9NO2/c1-2-4-9(5-3-1)12-8-10-6-7-11-13-10/h1-7H,8H2. The Labute approximate surface area is 75.9 Å². The minimum absolute atomic E-state index is 0.421. The van der Waals surface area contributed by atoms with Crippen LogP contribution in [0, 0.1) is 0 Å². The number of rotatable bonds is 3. The van der Waals surface area contributed by atoms with Crippen molar-refractivity contribution in [3.05, 3.63) is 48.4 Å². The van der Waals surface area contributed by atoms with E-state index in [9.17, 15) is 0 Å². The topological polar surface area (TPSA) is 35.3 Å². The van der Waals surface area contributed by atoms with E-state index in [4.69, 9.17) is 9.26 Å². The molecule has 1 aromatic carbocycles. The number of nitrogens with zero attached hydrogens (tertiary/aromatic N) is 1.